The molecule has 2 saturated heterocycles. The normalized spacial score (nSPS) is 35.2. The lowest BCUT2D eigenvalue weighted by Crippen LogP contribution is -2.61. The molecule has 15 atom stereocenters. The van der Waals surface area contributed by atoms with Crippen LogP contribution in [0.2, 0.25) is 0 Å². The van der Waals surface area contributed by atoms with Crippen molar-refractivity contribution in [3.05, 3.63) is 47.6 Å². The fourth-order valence-corrected chi connectivity index (χ4v) is 12.2. The van der Waals surface area contributed by atoms with E-state index in [0.717, 1.165) is 5.57 Å². The van der Waals surface area contributed by atoms with Gasteiger partial charge in [-0.2, -0.15) is 0 Å². The summed E-state index contributed by atoms with van der Waals surface area (Å²) in [5.41, 5.74) is 1.15. The Kier molecular flexibility index (Phi) is 25.0. The van der Waals surface area contributed by atoms with Gasteiger partial charge in [0.15, 0.2) is 11.6 Å². The number of cyclic esters (lactones) is 1. The highest BCUT2D eigenvalue weighted by Gasteiger charge is 2.53. The smallest absolute Gasteiger partial charge is 0.460 e. The average molecular weight is 1050 g/mol. The third kappa shape index (κ3) is 17.1. The predicted molar refractivity (Wildman–Crippen MR) is 275 cm³/mol. The minimum absolute atomic E-state index is 0.00174. The summed E-state index contributed by atoms with van der Waals surface area (Å²) in [6, 6.07) is -1.18. The summed E-state index contributed by atoms with van der Waals surface area (Å²) >= 11 is 0. The number of amides is 1. The number of rotatable bonds is 12. The Morgan fingerprint density at radius 2 is 1.55 bits per heavy atom. The number of aliphatic hydroxyl groups is 2. The molecular formula is C55H88NO16P. The summed E-state index contributed by atoms with van der Waals surface area (Å²) in [7, 11) is 0.655. The van der Waals surface area contributed by atoms with E-state index in [-0.39, 0.29) is 61.6 Å². The topological polar surface area (TPSA) is 220 Å². The molecule has 2 N–H and O–H groups in total. The van der Waals surface area contributed by atoms with Gasteiger partial charge >= 0.3 is 13.8 Å². The molecule has 0 spiro atoms. The van der Waals surface area contributed by atoms with Crippen LogP contribution in [0.3, 0.4) is 0 Å². The quantitative estimate of drug-likeness (QED) is 0.106. The summed E-state index contributed by atoms with van der Waals surface area (Å²) in [6.07, 6.45) is 10.4. The van der Waals surface area contributed by atoms with Crippen LogP contribution >= 0.6 is 7.82 Å². The molecule has 4 aliphatic rings. The zero-order chi connectivity index (χ0) is 54.2. The predicted octanol–water partition coefficient (Wildman–Crippen LogP) is 8.39. The minimum atomic E-state index is -3.84. The van der Waals surface area contributed by atoms with Gasteiger partial charge in [-0.25, -0.2) is 9.36 Å². The van der Waals surface area contributed by atoms with Gasteiger partial charge in [-0.05, 0) is 121 Å². The number of allylic oxidation sites excluding steroid dienone is 6. The Hall–Kier alpha value is -3.22. The Bertz CT molecular complexity index is 2010. The van der Waals surface area contributed by atoms with E-state index in [1.165, 1.54) is 12.0 Å². The second-order valence-corrected chi connectivity index (χ2v) is 22.6. The number of ketones is 3. The molecule has 1 amide bonds. The van der Waals surface area contributed by atoms with E-state index in [4.69, 9.17) is 37.3 Å². The van der Waals surface area contributed by atoms with Crippen molar-refractivity contribution in [2.75, 3.05) is 41.1 Å². The Balaban J connectivity index is 1.70. The molecule has 0 aromatic rings. The van der Waals surface area contributed by atoms with E-state index in [2.05, 4.69) is 0 Å². The molecule has 0 radical (unpaired) electrons. The average Bonchev–Trinajstić information content (AvgIpc) is 3.35. The maximum atomic E-state index is 14.6. The van der Waals surface area contributed by atoms with Crippen LogP contribution in [0, 0.1) is 35.5 Å². The van der Waals surface area contributed by atoms with Crippen molar-refractivity contribution in [3.63, 3.8) is 0 Å². The highest BCUT2D eigenvalue weighted by molar-refractivity contribution is 7.48. The zero-order valence-corrected chi connectivity index (χ0v) is 46.6. The van der Waals surface area contributed by atoms with Crippen molar-refractivity contribution in [2.45, 2.75) is 194 Å². The lowest BCUT2D eigenvalue weighted by atomic mass is 9.78. The Morgan fingerprint density at radius 3 is 2.19 bits per heavy atom. The molecule has 2 bridgehead atoms. The standard InChI is InChI=1S/C55H88NO16P/c1-13-68-73(64,69-14-2)72-45-26-24-41(31-48(45)66-11)30-37(6)47-33-44(57)36(5)29-39(8)50(59)51(67-12)49(58)38(7)28-34(3)20-16-15-17-21-35(4)46(65-10)32-42-25-23-40(9)55(63,71-42)52(60)53(61)56-27-19-18-22-43(56)54(62)70-47/h15-17,20-21,29,34,37-43,45-48,50-51,59,63H,13-14,18-19,22-28,30-33H2,1-12H3/t34-,37-,38-,39?,40-,41+,42+,43+,45-,46+,47+,48-,50-,51+,55-/m1/s1. The van der Waals surface area contributed by atoms with Crippen molar-refractivity contribution in [1.29, 1.82) is 0 Å². The summed E-state index contributed by atoms with van der Waals surface area (Å²) < 4.78 is 59.9. The molecule has 4 rings (SSSR count). The third-order valence-electron chi connectivity index (χ3n) is 15.3. The molecular weight excluding hydrogens is 962 g/mol. The summed E-state index contributed by atoms with van der Waals surface area (Å²) in [5, 5.41) is 23.6. The number of Topliss-reactive ketones (excluding diaryl/α,β-unsaturated/α-hetero) is 3. The fourth-order valence-electron chi connectivity index (χ4n) is 10.8. The molecule has 18 heteroatoms. The number of phosphoric acid groups is 1. The van der Waals surface area contributed by atoms with Gasteiger partial charge < -0.3 is 38.8 Å². The van der Waals surface area contributed by atoms with Crippen LogP contribution in [-0.2, 0) is 65.8 Å². The van der Waals surface area contributed by atoms with Gasteiger partial charge in [0, 0.05) is 58.5 Å². The van der Waals surface area contributed by atoms with E-state index >= 15 is 0 Å². The first kappa shape index (κ1) is 62.3. The molecule has 3 aliphatic heterocycles. The first-order valence-corrected chi connectivity index (χ1v) is 28.1. The molecule has 0 aromatic carbocycles. The highest BCUT2D eigenvalue weighted by Crippen LogP contribution is 2.53. The second-order valence-electron chi connectivity index (χ2n) is 21.0. The van der Waals surface area contributed by atoms with E-state index in [0.29, 0.717) is 64.2 Å². The van der Waals surface area contributed by atoms with Crippen molar-refractivity contribution in [3.8, 4) is 0 Å². The van der Waals surface area contributed by atoms with Crippen molar-refractivity contribution in [2.24, 2.45) is 35.5 Å². The van der Waals surface area contributed by atoms with Crippen LogP contribution in [-0.4, -0.2) is 140 Å². The highest BCUT2D eigenvalue weighted by atomic mass is 31.2. The van der Waals surface area contributed by atoms with Gasteiger partial charge in [0.1, 0.15) is 18.2 Å². The molecule has 0 aromatic heterocycles. The number of hydrogen-bond donors (Lipinski definition) is 2. The van der Waals surface area contributed by atoms with E-state index < -0.39 is 104 Å². The lowest BCUT2D eigenvalue weighted by molar-refractivity contribution is -0.265. The van der Waals surface area contributed by atoms with Crippen LogP contribution in [0.25, 0.3) is 0 Å². The molecule has 1 unspecified atom stereocenters. The SMILES string of the molecule is CCOP(=O)(OCC)O[C@@H]1CC[C@@H](C[C@@H](C)[C@@H]2CC(=O)C(C)=CC(C)[C@@H](O)[C@@H](OC)C(=O)[C@H](C)C[C@H](C)C=CC=CC=C(C)[C@@H](OC)C[C@@H]3CC[C@@H](C)[C@@](O)(O3)C(=O)C(=O)N3CCCC[C@H]3C(=O)O2)C[C@H]1OC. The van der Waals surface area contributed by atoms with Crippen LogP contribution in [0.4, 0.5) is 0 Å². The molecule has 3 heterocycles. The number of fused-ring (bicyclic) bond motifs is 3. The number of nitrogens with zero attached hydrogens (tertiary/aromatic N) is 1. The molecule has 3 fully saturated rings. The van der Waals surface area contributed by atoms with Crippen LogP contribution < -0.4 is 0 Å². The van der Waals surface area contributed by atoms with Gasteiger partial charge in [0.25, 0.3) is 11.7 Å². The maximum absolute atomic E-state index is 14.6. The number of hydrogen-bond acceptors (Lipinski definition) is 16. The Morgan fingerprint density at radius 1 is 0.849 bits per heavy atom. The first-order chi connectivity index (χ1) is 34.6. The number of methoxy groups -OCH3 is 3. The summed E-state index contributed by atoms with van der Waals surface area (Å²) in [6.45, 7) is 16.3. The van der Waals surface area contributed by atoms with Gasteiger partial charge in [-0.3, -0.25) is 32.7 Å². The van der Waals surface area contributed by atoms with Gasteiger partial charge in [-0.1, -0.05) is 71.1 Å². The third-order valence-corrected chi connectivity index (χ3v) is 17.0. The fraction of sp³-hybridized carbons (Fsp3) is 0.764. The number of phosphoric ester groups is 1. The number of esters is 1. The summed E-state index contributed by atoms with van der Waals surface area (Å²) in [5.74, 6) is -8.37. The molecule has 1 aliphatic carbocycles. The van der Waals surface area contributed by atoms with Crippen LogP contribution in [0.5, 0.6) is 0 Å². The van der Waals surface area contributed by atoms with Crippen molar-refractivity contribution in [1.82, 2.24) is 4.90 Å². The largest absolute Gasteiger partial charge is 0.475 e. The Labute approximate surface area is 434 Å². The zero-order valence-electron chi connectivity index (χ0n) is 45.7. The molecule has 414 valence electrons. The number of carbonyl (C=O) groups excluding carboxylic acids is 5. The number of piperidine rings is 1. The minimum Gasteiger partial charge on any atom is -0.460 e. The summed E-state index contributed by atoms with van der Waals surface area (Å²) in [4.78, 5) is 72.5. The van der Waals surface area contributed by atoms with Gasteiger partial charge in [0.05, 0.1) is 43.7 Å². The van der Waals surface area contributed by atoms with Crippen molar-refractivity contribution >= 4 is 37.0 Å². The van der Waals surface area contributed by atoms with E-state index in [9.17, 15) is 38.8 Å². The van der Waals surface area contributed by atoms with Gasteiger partial charge in [0.2, 0.25) is 5.79 Å². The number of ether oxygens (including phenoxy) is 5. The van der Waals surface area contributed by atoms with Crippen molar-refractivity contribution < 1.29 is 76.0 Å². The monoisotopic (exact) mass is 1050 g/mol. The maximum Gasteiger partial charge on any atom is 0.475 e. The molecule has 73 heavy (non-hydrogen) atoms. The van der Waals surface area contributed by atoms with E-state index in [1.54, 1.807) is 54.9 Å². The van der Waals surface area contributed by atoms with E-state index in [1.807, 2.05) is 58.1 Å². The molecule has 17 nitrogen and oxygen atoms in total. The molecule has 1 saturated carbocycles. The second kappa shape index (κ2) is 29.3. The van der Waals surface area contributed by atoms with Crippen LogP contribution in [0.1, 0.15) is 139 Å². The number of aliphatic hydroxyl groups excluding tert-OH is 1. The first-order valence-electron chi connectivity index (χ1n) is 26.6. The van der Waals surface area contributed by atoms with Gasteiger partial charge in [-0.15, -0.1) is 0 Å². The van der Waals surface area contributed by atoms with Crippen LogP contribution in [0.15, 0.2) is 47.6 Å². The number of carbonyl (C=O) groups is 5. The lowest BCUT2D eigenvalue weighted by Gasteiger charge is -2.42.